The number of ether oxygens (including phenoxy) is 2. The fourth-order valence-electron chi connectivity index (χ4n) is 1.96. The minimum Gasteiger partial charge on any atom is -0.456 e. The molecule has 0 bridgehead atoms. The summed E-state index contributed by atoms with van der Waals surface area (Å²) in [5.74, 6) is -1.18. The van der Waals surface area contributed by atoms with E-state index in [2.05, 4.69) is 10.6 Å². The van der Waals surface area contributed by atoms with Crippen LogP contribution >= 0.6 is 0 Å². The summed E-state index contributed by atoms with van der Waals surface area (Å²) < 4.78 is 32.9. The summed E-state index contributed by atoms with van der Waals surface area (Å²) in [5.41, 5.74) is -0.317. The Bertz CT molecular complexity index is 813. The Morgan fingerprint density at radius 3 is 2.43 bits per heavy atom. The van der Waals surface area contributed by atoms with Crippen molar-refractivity contribution in [1.82, 2.24) is 5.32 Å². The highest BCUT2D eigenvalue weighted by atomic mass is 32.2. The zero-order valence-corrected chi connectivity index (χ0v) is 17.2. The van der Waals surface area contributed by atoms with Crippen LogP contribution in [0.5, 0.6) is 0 Å². The van der Waals surface area contributed by atoms with E-state index in [1.165, 1.54) is 24.3 Å². The number of esters is 1. The molecule has 9 nitrogen and oxygen atoms in total. The van der Waals surface area contributed by atoms with Crippen LogP contribution in [-0.4, -0.2) is 51.4 Å². The van der Waals surface area contributed by atoms with Gasteiger partial charge in [-0.05, 0) is 45.4 Å². The van der Waals surface area contributed by atoms with Gasteiger partial charge in [0.15, 0.2) is 16.4 Å². The Morgan fingerprint density at radius 2 is 1.82 bits per heavy atom. The molecule has 0 fully saturated rings. The summed E-state index contributed by atoms with van der Waals surface area (Å²) in [6, 6.07) is 5.75. The van der Waals surface area contributed by atoms with Crippen molar-refractivity contribution < 1.29 is 32.3 Å². The summed E-state index contributed by atoms with van der Waals surface area (Å²) in [4.78, 5) is 35.0. The van der Waals surface area contributed by atoms with Gasteiger partial charge in [0.1, 0.15) is 5.60 Å². The predicted octanol–water partition coefficient (Wildman–Crippen LogP) is 1.88. The van der Waals surface area contributed by atoms with Gasteiger partial charge < -0.3 is 20.1 Å². The lowest BCUT2D eigenvalue weighted by Crippen LogP contribution is -2.33. The molecule has 0 unspecified atom stereocenters. The smallest absolute Gasteiger partial charge is 0.407 e. The van der Waals surface area contributed by atoms with Crippen LogP contribution < -0.4 is 10.6 Å². The van der Waals surface area contributed by atoms with Crippen molar-refractivity contribution in [3.8, 4) is 0 Å². The van der Waals surface area contributed by atoms with Crippen LogP contribution in [-0.2, 0) is 28.9 Å². The van der Waals surface area contributed by atoms with Crippen LogP contribution in [0.15, 0.2) is 29.2 Å². The van der Waals surface area contributed by atoms with Gasteiger partial charge in [0.05, 0.1) is 4.90 Å². The Kier molecular flexibility index (Phi) is 8.42. The highest BCUT2D eigenvalue weighted by molar-refractivity contribution is 7.90. The Morgan fingerprint density at radius 1 is 1.14 bits per heavy atom. The van der Waals surface area contributed by atoms with E-state index in [1.807, 2.05) is 0 Å². The highest BCUT2D eigenvalue weighted by Gasteiger charge is 2.16. The molecule has 28 heavy (non-hydrogen) atoms. The lowest BCUT2D eigenvalue weighted by atomic mass is 10.2. The second-order valence-electron chi connectivity index (χ2n) is 7.04. The summed E-state index contributed by atoms with van der Waals surface area (Å²) in [5, 5.41) is 4.97. The molecule has 0 saturated heterocycles. The van der Waals surface area contributed by atoms with Crippen molar-refractivity contribution in [2.75, 3.05) is 24.7 Å². The minimum atomic E-state index is -3.39. The number of anilines is 1. The van der Waals surface area contributed by atoms with Crippen molar-refractivity contribution in [3.05, 3.63) is 24.3 Å². The van der Waals surface area contributed by atoms with Gasteiger partial charge in [-0.25, -0.2) is 13.2 Å². The molecule has 0 aliphatic carbocycles. The van der Waals surface area contributed by atoms with E-state index >= 15 is 0 Å². The standard InChI is InChI=1S/C18H26N2O7S/c1-18(2,3)27-17(23)19-10-6-9-16(22)26-12-15(21)20-13-7-5-8-14(11-13)28(4,24)25/h5,7-8,11H,6,9-10,12H2,1-4H3,(H,19,23)(H,20,21). The molecule has 0 atom stereocenters. The molecule has 0 spiro atoms. The molecule has 0 aromatic heterocycles. The molecular weight excluding hydrogens is 388 g/mol. The third-order valence-corrected chi connectivity index (χ3v) is 4.25. The maximum Gasteiger partial charge on any atom is 0.407 e. The molecule has 1 rings (SSSR count). The molecule has 2 amide bonds. The van der Waals surface area contributed by atoms with E-state index < -0.39 is 40.0 Å². The molecule has 0 saturated carbocycles. The maximum absolute atomic E-state index is 11.8. The van der Waals surface area contributed by atoms with Gasteiger partial charge >= 0.3 is 12.1 Å². The van der Waals surface area contributed by atoms with Gasteiger partial charge in [-0.15, -0.1) is 0 Å². The number of carbonyl (C=O) groups excluding carboxylic acids is 3. The molecule has 2 N–H and O–H groups in total. The second-order valence-corrected chi connectivity index (χ2v) is 9.06. The number of hydrogen-bond acceptors (Lipinski definition) is 7. The minimum absolute atomic E-state index is 0.0205. The van der Waals surface area contributed by atoms with Gasteiger partial charge in [-0.3, -0.25) is 9.59 Å². The SMILES string of the molecule is CC(C)(C)OC(=O)NCCCC(=O)OCC(=O)Nc1cccc(S(C)(=O)=O)c1. The second kappa shape index (κ2) is 10.1. The number of sulfone groups is 1. The Balaban J connectivity index is 2.30. The van der Waals surface area contributed by atoms with Crippen LogP contribution in [0.3, 0.4) is 0 Å². The average Bonchev–Trinajstić information content (AvgIpc) is 2.55. The first-order valence-electron chi connectivity index (χ1n) is 8.59. The summed E-state index contributed by atoms with van der Waals surface area (Å²) in [7, 11) is -3.39. The van der Waals surface area contributed by atoms with Crippen molar-refractivity contribution in [3.63, 3.8) is 0 Å². The van der Waals surface area contributed by atoms with Gasteiger partial charge in [0, 0.05) is 24.9 Å². The van der Waals surface area contributed by atoms with Crippen LogP contribution in [0.2, 0.25) is 0 Å². The number of rotatable bonds is 8. The first-order valence-corrected chi connectivity index (χ1v) is 10.5. The zero-order valence-electron chi connectivity index (χ0n) is 16.4. The van der Waals surface area contributed by atoms with Gasteiger partial charge in [0.25, 0.3) is 5.91 Å². The van der Waals surface area contributed by atoms with E-state index in [0.29, 0.717) is 6.42 Å². The lowest BCUT2D eigenvalue weighted by molar-refractivity contribution is -0.147. The third-order valence-electron chi connectivity index (χ3n) is 3.14. The quantitative estimate of drug-likeness (QED) is 0.491. The number of alkyl carbamates (subject to hydrolysis) is 1. The molecule has 1 aromatic rings. The fraction of sp³-hybridized carbons (Fsp3) is 0.500. The Hall–Kier alpha value is -2.62. The number of amides is 2. The third kappa shape index (κ3) is 9.91. The lowest BCUT2D eigenvalue weighted by Gasteiger charge is -2.19. The fourth-order valence-corrected chi connectivity index (χ4v) is 2.62. The molecule has 0 radical (unpaired) electrons. The van der Waals surface area contributed by atoms with Crippen LogP contribution in [0, 0.1) is 0 Å². The van der Waals surface area contributed by atoms with Crippen LogP contribution in [0.1, 0.15) is 33.6 Å². The molecule has 10 heteroatoms. The van der Waals surface area contributed by atoms with E-state index in [9.17, 15) is 22.8 Å². The Labute approximate surface area is 164 Å². The number of hydrogen-bond donors (Lipinski definition) is 2. The van der Waals surface area contributed by atoms with E-state index in [4.69, 9.17) is 9.47 Å². The topological polar surface area (TPSA) is 128 Å². The van der Waals surface area contributed by atoms with Crippen molar-refractivity contribution in [2.45, 2.75) is 44.1 Å². The van der Waals surface area contributed by atoms with Crippen LogP contribution in [0.4, 0.5) is 10.5 Å². The predicted molar refractivity (Wildman–Crippen MR) is 103 cm³/mol. The first kappa shape index (κ1) is 23.4. The molecule has 1 aromatic carbocycles. The normalized spacial score (nSPS) is 11.4. The molecule has 0 heterocycles. The summed E-state index contributed by atoms with van der Waals surface area (Å²) in [6.45, 7) is 4.96. The van der Waals surface area contributed by atoms with E-state index in [0.717, 1.165) is 6.26 Å². The monoisotopic (exact) mass is 414 g/mol. The molecular formula is C18H26N2O7S. The zero-order chi connectivity index (χ0) is 21.4. The molecule has 156 valence electrons. The van der Waals surface area contributed by atoms with Crippen molar-refractivity contribution in [1.29, 1.82) is 0 Å². The van der Waals surface area contributed by atoms with Gasteiger partial charge in [0.2, 0.25) is 0 Å². The number of carbonyl (C=O) groups is 3. The maximum atomic E-state index is 11.8. The van der Waals surface area contributed by atoms with Crippen molar-refractivity contribution in [2.24, 2.45) is 0 Å². The number of benzene rings is 1. The highest BCUT2D eigenvalue weighted by Crippen LogP contribution is 2.15. The molecule has 0 aliphatic rings. The van der Waals surface area contributed by atoms with E-state index in [1.54, 1.807) is 20.8 Å². The first-order chi connectivity index (χ1) is 12.9. The van der Waals surface area contributed by atoms with E-state index in [-0.39, 0.29) is 23.5 Å². The van der Waals surface area contributed by atoms with Crippen LogP contribution in [0.25, 0.3) is 0 Å². The average molecular weight is 414 g/mol. The van der Waals surface area contributed by atoms with Crippen molar-refractivity contribution >= 4 is 33.5 Å². The van der Waals surface area contributed by atoms with Gasteiger partial charge in [-0.1, -0.05) is 6.07 Å². The largest absolute Gasteiger partial charge is 0.456 e. The molecule has 0 aliphatic heterocycles. The summed E-state index contributed by atoms with van der Waals surface area (Å²) in [6.07, 6.45) is 0.840. The summed E-state index contributed by atoms with van der Waals surface area (Å²) >= 11 is 0. The van der Waals surface area contributed by atoms with Gasteiger partial charge in [-0.2, -0.15) is 0 Å². The number of nitrogens with one attached hydrogen (secondary N) is 2.